The summed E-state index contributed by atoms with van der Waals surface area (Å²) in [5.41, 5.74) is 1.28. The number of halogens is 3. The number of aromatic nitrogens is 2. The van der Waals surface area contributed by atoms with Crippen molar-refractivity contribution < 1.29 is 27.4 Å². The number of ether oxygens (including phenoxy) is 2. The molecule has 3 fully saturated rings. The van der Waals surface area contributed by atoms with Crippen LogP contribution in [0, 0.1) is 6.92 Å². The van der Waals surface area contributed by atoms with E-state index in [-0.39, 0.29) is 18.4 Å². The minimum absolute atomic E-state index is 0.131. The second kappa shape index (κ2) is 10.4. The number of carbonyl (C=O) groups excluding carboxylic acids is 1. The quantitative estimate of drug-likeness (QED) is 0.635. The number of benzene rings is 1. The number of nitrogens with zero attached hydrogens (tertiary/aromatic N) is 4. The first-order chi connectivity index (χ1) is 17.3. The Morgan fingerprint density at radius 2 is 1.92 bits per heavy atom. The molecule has 0 saturated carbocycles. The number of rotatable bonds is 4. The highest BCUT2D eigenvalue weighted by atomic mass is 19.4. The molecule has 1 aromatic heterocycles. The van der Waals surface area contributed by atoms with Gasteiger partial charge in [0.25, 0.3) is 5.91 Å². The average molecular weight is 505 g/mol. The Balaban J connectivity index is 1.24. The van der Waals surface area contributed by atoms with Crippen molar-refractivity contribution in [3.63, 3.8) is 0 Å². The summed E-state index contributed by atoms with van der Waals surface area (Å²) < 4.78 is 50.8. The van der Waals surface area contributed by atoms with Crippen molar-refractivity contribution in [2.24, 2.45) is 0 Å². The lowest BCUT2D eigenvalue weighted by Gasteiger charge is -2.49. The first kappa shape index (κ1) is 25.1. The third-order valence-corrected chi connectivity index (χ3v) is 7.61. The molecule has 0 unspecified atom stereocenters. The van der Waals surface area contributed by atoms with E-state index in [1.54, 1.807) is 13.0 Å². The number of hydrogen-bond acceptors (Lipinski definition) is 6. The molecule has 10 heteroatoms. The highest BCUT2D eigenvalue weighted by molar-refractivity contribution is 5.93. The van der Waals surface area contributed by atoms with Crippen LogP contribution in [0.25, 0.3) is 0 Å². The summed E-state index contributed by atoms with van der Waals surface area (Å²) in [6.07, 6.45) is -0.00586. The highest BCUT2D eigenvalue weighted by Crippen LogP contribution is 2.31. The van der Waals surface area contributed by atoms with Crippen molar-refractivity contribution in [3.05, 3.63) is 58.7 Å². The molecule has 0 spiro atoms. The third kappa shape index (κ3) is 5.26. The van der Waals surface area contributed by atoms with Crippen LogP contribution < -0.4 is 0 Å². The molecule has 0 radical (unpaired) electrons. The zero-order valence-corrected chi connectivity index (χ0v) is 20.3. The van der Waals surface area contributed by atoms with Crippen LogP contribution in [0.2, 0.25) is 0 Å². The van der Waals surface area contributed by atoms with Gasteiger partial charge < -0.3 is 14.4 Å². The zero-order chi connectivity index (χ0) is 25.3. The van der Waals surface area contributed by atoms with E-state index in [0.29, 0.717) is 60.9 Å². The largest absolute Gasteiger partial charge is 0.416 e. The molecule has 1 amide bonds. The molecule has 3 saturated heterocycles. The van der Waals surface area contributed by atoms with Crippen LogP contribution in [0.1, 0.15) is 52.1 Å². The molecule has 3 aliphatic heterocycles. The Hall–Kier alpha value is -2.56. The van der Waals surface area contributed by atoms with E-state index in [9.17, 15) is 18.0 Å². The van der Waals surface area contributed by atoms with Gasteiger partial charge in [0.1, 0.15) is 12.0 Å². The van der Waals surface area contributed by atoms with Gasteiger partial charge in [-0.05, 0) is 37.8 Å². The van der Waals surface area contributed by atoms with E-state index in [0.717, 1.165) is 44.5 Å². The summed E-state index contributed by atoms with van der Waals surface area (Å²) in [6, 6.07) is 5.99. The summed E-state index contributed by atoms with van der Waals surface area (Å²) in [7, 11) is 0. The third-order valence-electron chi connectivity index (χ3n) is 7.61. The number of carbonyl (C=O) groups is 1. The van der Waals surface area contributed by atoms with Gasteiger partial charge in [0.15, 0.2) is 0 Å². The van der Waals surface area contributed by atoms with Gasteiger partial charge in [0.2, 0.25) is 0 Å². The number of fused-ring (bicyclic) bond motifs is 1. The van der Waals surface area contributed by atoms with Gasteiger partial charge in [0, 0.05) is 50.3 Å². The average Bonchev–Trinajstić information content (AvgIpc) is 2.89. The van der Waals surface area contributed by atoms with E-state index < -0.39 is 11.7 Å². The van der Waals surface area contributed by atoms with E-state index in [1.165, 1.54) is 12.4 Å². The first-order valence-electron chi connectivity index (χ1n) is 12.5. The maximum absolute atomic E-state index is 13.4. The fraction of sp³-hybridized carbons (Fsp3) is 0.577. The second-order valence-corrected chi connectivity index (χ2v) is 9.77. The fourth-order valence-corrected chi connectivity index (χ4v) is 5.65. The van der Waals surface area contributed by atoms with Crippen LogP contribution in [0.4, 0.5) is 13.2 Å². The Labute approximate surface area is 208 Å². The highest BCUT2D eigenvalue weighted by Gasteiger charge is 2.39. The fourth-order valence-electron chi connectivity index (χ4n) is 5.65. The van der Waals surface area contributed by atoms with Crippen molar-refractivity contribution in [2.45, 2.75) is 57.0 Å². The molecule has 3 aliphatic rings. The monoisotopic (exact) mass is 504 g/mol. The minimum Gasteiger partial charge on any atom is -0.379 e. The summed E-state index contributed by atoms with van der Waals surface area (Å²) in [5.74, 6) is -0.149. The Bertz CT molecular complexity index is 1090. The SMILES string of the molecule is Cc1c(Cc2cccc(C(F)(F)F)c2)ncnc1C(=O)N1CCC(N2CCO[C@H]3COCC[C@H]32)CC1. The molecule has 36 heavy (non-hydrogen) atoms. The van der Waals surface area contributed by atoms with E-state index in [2.05, 4.69) is 14.9 Å². The van der Waals surface area contributed by atoms with E-state index >= 15 is 0 Å². The topological polar surface area (TPSA) is 67.8 Å². The molecule has 2 aromatic rings. The molecular weight excluding hydrogens is 473 g/mol. The molecule has 7 nitrogen and oxygen atoms in total. The van der Waals surface area contributed by atoms with Crippen molar-refractivity contribution in [2.75, 3.05) is 39.5 Å². The van der Waals surface area contributed by atoms with Gasteiger partial charge in [-0.2, -0.15) is 13.2 Å². The predicted molar refractivity (Wildman–Crippen MR) is 126 cm³/mol. The van der Waals surface area contributed by atoms with Crippen LogP contribution in [0.5, 0.6) is 0 Å². The zero-order valence-electron chi connectivity index (χ0n) is 20.3. The maximum Gasteiger partial charge on any atom is 0.416 e. The number of hydrogen-bond donors (Lipinski definition) is 0. The molecule has 194 valence electrons. The molecule has 0 aliphatic carbocycles. The van der Waals surface area contributed by atoms with Gasteiger partial charge in [-0.3, -0.25) is 9.69 Å². The Morgan fingerprint density at radius 1 is 1.11 bits per heavy atom. The van der Waals surface area contributed by atoms with Crippen LogP contribution in [-0.2, 0) is 22.1 Å². The van der Waals surface area contributed by atoms with Crippen LogP contribution in [0.15, 0.2) is 30.6 Å². The summed E-state index contributed by atoms with van der Waals surface area (Å²) >= 11 is 0. The smallest absolute Gasteiger partial charge is 0.379 e. The van der Waals surface area contributed by atoms with Crippen LogP contribution >= 0.6 is 0 Å². The van der Waals surface area contributed by atoms with Crippen LogP contribution in [-0.4, -0.2) is 83.3 Å². The molecule has 4 heterocycles. The number of amides is 1. The second-order valence-electron chi connectivity index (χ2n) is 9.77. The van der Waals surface area contributed by atoms with Crippen molar-refractivity contribution in [1.82, 2.24) is 19.8 Å². The molecule has 0 bridgehead atoms. The van der Waals surface area contributed by atoms with Gasteiger partial charge in [-0.15, -0.1) is 0 Å². The lowest BCUT2D eigenvalue weighted by atomic mass is 9.95. The van der Waals surface area contributed by atoms with Crippen molar-refractivity contribution in [3.8, 4) is 0 Å². The van der Waals surface area contributed by atoms with Gasteiger partial charge in [0.05, 0.1) is 30.6 Å². The number of likely N-dealkylation sites (tertiary alicyclic amines) is 1. The Morgan fingerprint density at radius 3 is 2.69 bits per heavy atom. The molecule has 5 rings (SSSR count). The normalized spacial score (nSPS) is 23.9. The predicted octanol–water partition coefficient (Wildman–Crippen LogP) is 3.49. The number of alkyl halides is 3. The summed E-state index contributed by atoms with van der Waals surface area (Å²) in [5, 5.41) is 0. The summed E-state index contributed by atoms with van der Waals surface area (Å²) in [4.78, 5) is 26.3. The molecule has 1 aromatic carbocycles. The lowest BCUT2D eigenvalue weighted by molar-refractivity contribution is -0.148. The van der Waals surface area contributed by atoms with E-state index in [1.807, 2.05) is 4.90 Å². The maximum atomic E-state index is 13.4. The van der Waals surface area contributed by atoms with Gasteiger partial charge >= 0.3 is 6.18 Å². The van der Waals surface area contributed by atoms with Crippen LogP contribution in [0.3, 0.4) is 0 Å². The van der Waals surface area contributed by atoms with Gasteiger partial charge in [-0.25, -0.2) is 9.97 Å². The summed E-state index contributed by atoms with van der Waals surface area (Å²) in [6.45, 7) is 6.06. The number of morpholine rings is 1. The standard InChI is InChI=1S/C26H31F3N4O3/c1-17-21(14-18-3-2-4-19(13-18)26(27,28)29)30-16-31-24(17)25(34)32-8-5-20(6-9-32)33-10-12-36-23-15-35-11-7-22(23)33/h2-4,13,16,20,22-23H,5-12,14-15H2,1H3/t22-,23+/m1/s1. The first-order valence-corrected chi connectivity index (χ1v) is 12.5. The van der Waals surface area contributed by atoms with Crippen molar-refractivity contribution >= 4 is 5.91 Å². The lowest BCUT2D eigenvalue weighted by Crippen LogP contribution is -2.60. The molecule has 2 atom stereocenters. The molecular formula is C26H31F3N4O3. The minimum atomic E-state index is -4.41. The van der Waals surface area contributed by atoms with Gasteiger partial charge in [-0.1, -0.05) is 18.2 Å². The van der Waals surface area contributed by atoms with Crippen molar-refractivity contribution in [1.29, 1.82) is 0 Å². The van der Waals surface area contributed by atoms with E-state index in [4.69, 9.17) is 9.47 Å². The molecule has 0 N–H and O–H groups in total. The Kier molecular flexibility index (Phi) is 7.28. The number of piperidine rings is 1.